The van der Waals surface area contributed by atoms with E-state index in [4.69, 9.17) is 0 Å². The third-order valence-corrected chi connectivity index (χ3v) is 11.2. The Bertz CT molecular complexity index is 183. The molecule has 0 aromatic rings. The minimum absolute atomic E-state index is 0.102. The van der Waals surface area contributed by atoms with E-state index < -0.39 is 0 Å². The maximum absolute atomic E-state index is 3.14. The van der Waals surface area contributed by atoms with E-state index in [1.54, 1.807) is 0 Å². The van der Waals surface area contributed by atoms with Crippen LogP contribution in [0.5, 0.6) is 0 Å². The number of hydrogen-bond acceptors (Lipinski definition) is 0. The zero-order chi connectivity index (χ0) is 13.2. The summed E-state index contributed by atoms with van der Waals surface area (Å²) in [7, 11) is 9.32. The van der Waals surface area contributed by atoms with Crippen molar-refractivity contribution in [3.8, 4) is 0 Å². The Hall–Kier alpha value is 1.72. The lowest BCUT2D eigenvalue weighted by Gasteiger charge is -2.52. The van der Waals surface area contributed by atoms with Crippen LogP contribution in [0.3, 0.4) is 0 Å². The predicted molar refractivity (Wildman–Crippen MR) is 92.1 cm³/mol. The summed E-state index contributed by atoms with van der Waals surface area (Å²) in [6, 6.07) is 0. The minimum atomic E-state index is -0.102. The van der Waals surface area contributed by atoms with E-state index in [1.165, 1.54) is 19.3 Å². The van der Waals surface area contributed by atoms with Crippen molar-refractivity contribution < 1.29 is 0 Å². The highest BCUT2D eigenvalue weighted by atomic mass is 31.2. The summed E-state index contributed by atoms with van der Waals surface area (Å²) in [6.45, 7) is 14.2. The molecule has 16 heavy (non-hydrogen) atoms. The molecule has 0 bridgehead atoms. The maximum atomic E-state index is 3.14. The molecule has 0 saturated heterocycles. The second kappa shape index (κ2) is 6.25. The first-order chi connectivity index (χ1) is 7.05. The molecule has 0 spiro atoms. The third-order valence-electron chi connectivity index (χ3n) is 3.68. The van der Waals surface area contributed by atoms with Gasteiger partial charge < -0.3 is 0 Å². The minimum Gasteiger partial charge on any atom is -0.127 e. The summed E-state index contributed by atoms with van der Waals surface area (Å²) in [5.41, 5.74) is 0. The molecule has 0 aromatic heterocycles. The van der Waals surface area contributed by atoms with E-state index in [9.17, 15) is 0 Å². The van der Waals surface area contributed by atoms with Crippen molar-refractivity contribution >= 4 is 35.6 Å². The van der Waals surface area contributed by atoms with Crippen molar-refractivity contribution in [3.63, 3.8) is 0 Å². The van der Waals surface area contributed by atoms with E-state index in [0.717, 1.165) is 0 Å². The molecule has 0 aliphatic rings. The van der Waals surface area contributed by atoms with Crippen molar-refractivity contribution in [2.45, 2.75) is 75.5 Å². The smallest absolute Gasteiger partial charge is 0.00345 e. The molecule has 6 unspecified atom stereocenters. The standard InChI is InChI=1S/C12H30P4/c1-7-10(4,13)16(11(5,14)8-2)12(6,15)9-3/h7-9,13-15H2,1-6H3. The van der Waals surface area contributed by atoms with Crippen LogP contribution < -0.4 is 0 Å². The third kappa shape index (κ3) is 4.13. The molecular formula is C12H30P4. The summed E-state index contributed by atoms with van der Waals surface area (Å²) in [4.78, 5) is 1.11. The molecule has 0 heterocycles. The first-order valence-electron chi connectivity index (χ1n) is 6.22. The van der Waals surface area contributed by atoms with E-state index in [0.29, 0.717) is 14.7 Å². The summed E-state index contributed by atoms with van der Waals surface area (Å²) in [6.07, 6.45) is 3.70. The molecule has 0 saturated carbocycles. The van der Waals surface area contributed by atoms with E-state index in [2.05, 4.69) is 69.3 Å². The molecule has 0 rings (SSSR count). The van der Waals surface area contributed by atoms with Gasteiger partial charge in [0.05, 0.1) is 0 Å². The van der Waals surface area contributed by atoms with Crippen LogP contribution >= 0.6 is 35.6 Å². The Morgan fingerprint density at radius 2 is 0.875 bits per heavy atom. The van der Waals surface area contributed by atoms with E-state index >= 15 is 0 Å². The largest absolute Gasteiger partial charge is 0.127 e. The fourth-order valence-corrected chi connectivity index (χ4v) is 13.3. The molecule has 0 aromatic carbocycles. The zero-order valence-electron chi connectivity index (χ0n) is 11.8. The Balaban J connectivity index is 5.40. The Morgan fingerprint density at radius 3 is 1.00 bits per heavy atom. The van der Waals surface area contributed by atoms with Crippen LogP contribution in [-0.2, 0) is 0 Å². The molecule has 4 heteroatoms. The van der Waals surface area contributed by atoms with Gasteiger partial charge in [0.25, 0.3) is 0 Å². The average molecular weight is 298 g/mol. The van der Waals surface area contributed by atoms with Gasteiger partial charge >= 0.3 is 0 Å². The Morgan fingerprint density at radius 1 is 0.688 bits per heavy atom. The Labute approximate surface area is 111 Å². The molecule has 0 fully saturated rings. The lowest BCUT2D eigenvalue weighted by Crippen LogP contribution is -2.34. The van der Waals surface area contributed by atoms with Gasteiger partial charge in [-0.25, -0.2) is 0 Å². The molecule has 0 N–H and O–H groups in total. The molecule has 0 aliphatic heterocycles. The maximum Gasteiger partial charge on any atom is 0.00345 e. The first-order valence-corrected chi connectivity index (χ1v) is 9.29. The average Bonchev–Trinajstić information content (AvgIpc) is 2.16. The van der Waals surface area contributed by atoms with Gasteiger partial charge in [-0.1, -0.05) is 49.5 Å². The summed E-state index contributed by atoms with van der Waals surface area (Å²) >= 11 is 0. The van der Waals surface area contributed by atoms with Gasteiger partial charge in [0.1, 0.15) is 0 Å². The zero-order valence-corrected chi connectivity index (χ0v) is 16.2. The van der Waals surface area contributed by atoms with Crippen LogP contribution in [0, 0.1) is 0 Å². The SMILES string of the molecule is CCC(C)(P)P(C(C)(P)CC)C(C)(P)CC. The van der Waals surface area contributed by atoms with Gasteiger partial charge in [0.2, 0.25) is 0 Å². The lowest BCUT2D eigenvalue weighted by molar-refractivity contribution is 0.715. The highest BCUT2D eigenvalue weighted by molar-refractivity contribution is 7.78. The van der Waals surface area contributed by atoms with Crippen molar-refractivity contribution in [2.75, 3.05) is 0 Å². The molecule has 0 nitrogen and oxygen atoms in total. The van der Waals surface area contributed by atoms with Gasteiger partial charge in [0.15, 0.2) is 0 Å². The van der Waals surface area contributed by atoms with Crippen LogP contribution in [0.2, 0.25) is 0 Å². The van der Waals surface area contributed by atoms with Crippen LogP contribution in [-0.4, -0.2) is 14.7 Å². The van der Waals surface area contributed by atoms with Gasteiger partial charge in [0, 0.05) is 14.7 Å². The summed E-state index contributed by atoms with van der Waals surface area (Å²) in [5.74, 6) is 0. The fraction of sp³-hybridized carbons (Fsp3) is 1.00. The summed E-state index contributed by atoms with van der Waals surface area (Å²) in [5, 5.41) is 0. The second-order valence-corrected chi connectivity index (χ2v) is 14.5. The van der Waals surface area contributed by atoms with E-state index in [1.807, 2.05) is 0 Å². The highest BCUT2D eigenvalue weighted by Gasteiger charge is 2.46. The van der Waals surface area contributed by atoms with Gasteiger partial charge in [-0.2, -0.15) is 0 Å². The molecule has 98 valence electrons. The fourth-order valence-electron chi connectivity index (χ4n) is 2.22. The van der Waals surface area contributed by atoms with Crippen LogP contribution in [0.4, 0.5) is 0 Å². The van der Waals surface area contributed by atoms with Crippen molar-refractivity contribution in [1.29, 1.82) is 0 Å². The monoisotopic (exact) mass is 298 g/mol. The van der Waals surface area contributed by atoms with Crippen molar-refractivity contribution in [1.82, 2.24) is 0 Å². The van der Waals surface area contributed by atoms with Crippen LogP contribution in [0.1, 0.15) is 60.8 Å². The highest BCUT2D eigenvalue weighted by Crippen LogP contribution is 2.76. The van der Waals surface area contributed by atoms with E-state index in [-0.39, 0.29) is 7.92 Å². The number of hydrogen-bond donors (Lipinski definition) is 0. The van der Waals surface area contributed by atoms with Crippen molar-refractivity contribution in [3.05, 3.63) is 0 Å². The Kier molecular flexibility index (Phi) is 6.92. The molecular weight excluding hydrogens is 268 g/mol. The number of rotatable bonds is 6. The van der Waals surface area contributed by atoms with Crippen LogP contribution in [0.25, 0.3) is 0 Å². The molecule has 0 amide bonds. The molecule has 6 atom stereocenters. The normalized spacial score (nSPS) is 25.3. The van der Waals surface area contributed by atoms with Gasteiger partial charge in [-0.3, -0.25) is 0 Å². The van der Waals surface area contributed by atoms with Crippen molar-refractivity contribution in [2.24, 2.45) is 0 Å². The predicted octanol–water partition coefficient (Wildman–Crippen LogP) is 5.47. The topological polar surface area (TPSA) is 0 Å². The summed E-state index contributed by atoms with van der Waals surface area (Å²) < 4.78 is 0. The van der Waals surface area contributed by atoms with Gasteiger partial charge in [-0.05, 0) is 19.3 Å². The first kappa shape index (κ1) is 17.7. The molecule has 0 aliphatic carbocycles. The van der Waals surface area contributed by atoms with Gasteiger partial charge in [-0.15, -0.1) is 27.7 Å². The van der Waals surface area contributed by atoms with Crippen LogP contribution in [0.15, 0.2) is 0 Å². The molecule has 0 radical (unpaired) electrons. The lowest BCUT2D eigenvalue weighted by atomic mass is 10.3. The quantitative estimate of drug-likeness (QED) is 0.570. The second-order valence-electron chi connectivity index (χ2n) is 5.47.